The van der Waals surface area contributed by atoms with Gasteiger partial charge in [-0.25, -0.2) is 8.78 Å². The number of amides is 1. The Bertz CT molecular complexity index is 664. The Hall–Kier alpha value is -1.46. The van der Waals surface area contributed by atoms with E-state index < -0.39 is 17.5 Å². The van der Waals surface area contributed by atoms with E-state index in [-0.39, 0.29) is 22.7 Å². The summed E-state index contributed by atoms with van der Waals surface area (Å²) in [6.07, 6.45) is 0. The van der Waals surface area contributed by atoms with Crippen LogP contribution in [0.25, 0.3) is 0 Å². The van der Waals surface area contributed by atoms with Crippen molar-refractivity contribution in [2.45, 2.75) is 6.54 Å². The third-order valence-corrected chi connectivity index (χ3v) is 3.95. The summed E-state index contributed by atoms with van der Waals surface area (Å²) in [5, 5.41) is 2.82. The molecule has 2 nitrogen and oxygen atoms in total. The number of hydrogen-bond donors (Lipinski definition) is 1. The summed E-state index contributed by atoms with van der Waals surface area (Å²) < 4.78 is 26.8. The molecule has 0 heterocycles. The van der Waals surface area contributed by atoms with Gasteiger partial charge >= 0.3 is 0 Å². The number of carbonyl (C=O) groups is 1. The van der Waals surface area contributed by atoms with Gasteiger partial charge in [-0.05, 0) is 34.1 Å². The Kier molecular flexibility index (Phi) is 4.73. The van der Waals surface area contributed by atoms with Crippen LogP contribution in [0.15, 0.2) is 40.9 Å². The highest BCUT2D eigenvalue weighted by atomic mass is 79.9. The Labute approximate surface area is 127 Å². The van der Waals surface area contributed by atoms with Crippen molar-refractivity contribution in [3.63, 3.8) is 0 Å². The van der Waals surface area contributed by atoms with E-state index in [1.165, 1.54) is 6.07 Å². The lowest BCUT2D eigenvalue weighted by Crippen LogP contribution is -2.23. The van der Waals surface area contributed by atoms with Crippen LogP contribution in [0.4, 0.5) is 8.78 Å². The average molecular weight is 361 g/mol. The molecular formula is C14H9BrClF2NO. The van der Waals surface area contributed by atoms with Gasteiger partial charge in [0.1, 0.15) is 11.6 Å². The molecule has 0 aromatic heterocycles. The minimum atomic E-state index is -0.703. The Morgan fingerprint density at radius 3 is 2.70 bits per heavy atom. The molecule has 0 atom stereocenters. The molecule has 104 valence electrons. The van der Waals surface area contributed by atoms with Gasteiger partial charge in [-0.3, -0.25) is 4.79 Å². The quantitative estimate of drug-likeness (QED) is 0.868. The van der Waals surface area contributed by atoms with Crippen molar-refractivity contribution in [1.82, 2.24) is 5.32 Å². The first kappa shape index (κ1) is 14.9. The molecule has 0 unspecified atom stereocenters. The molecule has 0 aliphatic heterocycles. The van der Waals surface area contributed by atoms with E-state index in [0.717, 1.165) is 12.1 Å². The maximum atomic E-state index is 13.4. The zero-order chi connectivity index (χ0) is 14.7. The molecule has 0 aliphatic rings. The van der Waals surface area contributed by atoms with Crippen molar-refractivity contribution in [2.24, 2.45) is 0 Å². The second-order valence-corrected chi connectivity index (χ2v) is 5.25. The van der Waals surface area contributed by atoms with Gasteiger partial charge in [0, 0.05) is 22.6 Å². The molecule has 20 heavy (non-hydrogen) atoms. The maximum absolute atomic E-state index is 13.4. The molecular weight excluding hydrogens is 352 g/mol. The van der Waals surface area contributed by atoms with E-state index in [1.807, 2.05) is 0 Å². The third kappa shape index (κ3) is 3.35. The summed E-state index contributed by atoms with van der Waals surface area (Å²) in [6, 6.07) is 8.13. The second kappa shape index (κ2) is 6.33. The lowest BCUT2D eigenvalue weighted by molar-refractivity contribution is 0.0950. The maximum Gasteiger partial charge on any atom is 0.253 e. The first-order valence-electron chi connectivity index (χ1n) is 5.65. The first-order valence-corrected chi connectivity index (χ1v) is 6.82. The Morgan fingerprint density at radius 1 is 1.25 bits per heavy atom. The lowest BCUT2D eigenvalue weighted by Gasteiger charge is -2.08. The predicted octanol–water partition coefficient (Wildman–Crippen LogP) is 4.31. The van der Waals surface area contributed by atoms with Gasteiger partial charge in [-0.2, -0.15) is 0 Å². The highest BCUT2D eigenvalue weighted by molar-refractivity contribution is 9.10. The topological polar surface area (TPSA) is 29.1 Å². The van der Waals surface area contributed by atoms with Gasteiger partial charge in [-0.15, -0.1) is 0 Å². The van der Waals surface area contributed by atoms with Crippen molar-refractivity contribution >= 4 is 33.4 Å². The minimum Gasteiger partial charge on any atom is -0.348 e. The monoisotopic (exact) mass is 359 g/mol. The normalized spacial score (nSPS) is 10.4. The van der Waals surface area contributed by atoms with Crippen LogP contribution in [0.1, 0.15) is 15.9 Å². The van der Waals surface area contributed by atoms with E-state index in [0.29, 0.717) is 4.47 Å². The minimum absolute atomic E-state index is 0.0478. The Balaban J connectivity index is 2.11. The highest BCUT2D eigenvalue weighted by Gasteiger charge is 2.13. The summed E-state index contributed by atoms with van der Waals surface area (Å²) in [4.78, 5) is 12.0. The third-order valence-electron chi connectivity index (χ3n) is 2.65. The summed E-state index contributed by atoms with van der Waals surface area (Å²) in [6.45, 7) is -0.0478. The molecule has 0 spiro atoms. The van der Waals surface area contributed by atoms with Crippen LogP contribution in [0.5, 0.6) is 0 Å². The molecule has 0 fully saturated rings. The van der Waals surface area contributed by atoms with Crippen molar-refractivity contribution in [2.75, 3.05) is 0 Å². The van der Waals surface area contributed by atoms with Gasteiger partial charge in [0.05, 0.1) is 10.6 Å². The molecule has 0 bridgehead atoms. The molecule has 2 rings (SSSR count). The van der Waals surface area contributed by atoms with E-state index in [2.05, 4.69) is 21.2 Å². The second-order valence-electron chi connectivity index (χ2n) is 4.02. The molecule has 6 heteroatoms. The molecule has 1 N–H and O–H groups in total. The predicted molar refractivity (Wildman–Crippen MR) is 76.7 cm³/mol. The molecule has 0 radical (unpaired) electrons. The average Bonchev–Trinajstić information content (AvgIpc) is 2.40. The van der Waals surface area contributed by atoms with E-state index in [1.54, 1.807) is 18.2 Å². The fraction of sp³-hybridized carbons (Fsp3) is 0.0714. The fourth-order valence-electron chi connectivity index (χ4n) is 1.61. The summed E-state index contributed by atoms with van der Waals surface area (Å²) >= 11 is 9.21. The largest absolute Gasteiger partial charge is 0.348 e. The first-order chi connectivity index (χ1) is 9.49. The SMILES string of the molecule is O=C(NCc1ccc(F)cc1F)c1cccc(Br)c1Cl. The molecule has 0 aliphatic carbocycles. The van der Waals surface area contributed by atoms with E-state index in [9.17, 15) is 13.6 Å². The van der Waals surface area contributed by atoms with E-state index in [4.69, 9.17) is 11.6 Å². The number of carbonyl (C=O) groups excluding carboxylic acids is 1. The Morgan fingerprint density at radius 2 is 2.00 bits per heavy atom. The van der Waals surface area contributed by atoms with Crippen LogP contribution >= 0.6 is 27.5 Å². The van der Waals surface area contributed by atoms with Crippen LogP contribution in [0, 0.1) is 11.6 Å². The zero-order valence-electron chi connectivity index (χ0n) is 10.1. The molecule has 0 saturated carbocycles. The standard InChI is InChI=1S/C14H9BrClF2NO/c15-11-3-1-2-10(13(11)16)14(20)19-7-8-4-5-9(17)6-12(8)18/h1-6H,7H2,(H,19,20). The van der Waals surface area contributed by atoms with Gasteiger partial charge in [-0.1, -0.05) is 23.7 Å². The van der Waals surface area contributed by atoms with Crippen molar-refractivity contribution < 1.29 is 13.6 Å². The van der Waals surface area contributed by atoms with Gasteiger partial charge < -0.3 is 5.32 Å². The molecule has 1 amide bonds. The van der Waals surface area contributed by atoms with E-state index >= 15 is 0 Å². The van der Waals surface area contributed by atoms with Crippen LogP contribution in [-0.4, -0.2) is 5.91 Å². The van der Waals surface area contributed by atoms with Crippen LogP contribution in [0.3, 0.4) is 0 Å². The number of rotatable bonds is 3. The molecule has 2 aromatic rings. The smallest absolute Gasteiger partial charge is 0.253 e. The van der Waals surface area contributed by atoms with Crippen molar-refractivity contribution in [3.8, 4) is 0 Å². The van der Waals surface area contributed by atoms with Gasteiger partial charge in [0.25, 0.3) is 5.91 Å². The number of halogens is 4. The zero-order valence-corrected chi connectivity index (χ0v) is 12.4. The number of nitrogens with one attached hydrogen (secondary N) is 1. The van der Waals surface area contributed by atoms with Crippen molar-refractivity contribution in [1.29, 1.82) is 0 Å². The van der Waals surface area contributed by atoms with Crippen LogP contribution in [-0.2, 0) is 6.54 Å². The van der Waals surface area contributed by atoms with Crippen LogP contribution in [0.2, 0.25) is 5.02 Å². The number of hydrogen-bond acceptors (Lipinski definition) is 1. The fourth-order valence-corrected chi connectivity index (χ4v) is 2.19. The molecule has 0 saturated heterocycles. The number of benzene rings is 2. The van der Waals surface area contributed by atoms with Crippen LogP contribution < -0.4 is 5.32 Å². The van der Waals surface area contributed by atoms with Gasteiger partial charge in [0.2, 0.25) is 0 Å². The summed E-state index contributed by atoms with van der Waals surface area (Å²) in [7, 11) is 0. The summed E-state index contributed by atoms with van der Waals surface area (Å²) in [5.41, 5.74) is 0.481. The molecule has 2 aromatic carbocycles. The highest BCUT2D eigenvalue weighted by Crippen LogP contribution is 2.25. The van der Waals surface area contributed by atoms with Gasteiger partial charge in [0.15, 0.2) is 0 Å². The summed E-state index contributed by atoms with van der Waals surface area (Å²) in [5.74, 6) is -1.79. The van der Waals surface area contributed by atoms with Crippen molar-refractivity contribution in [3.05, 3.63) is 68.7 Å². The lowest BCUT2D eigenvalue weighted by atomic mass is 10.2.